The van der Waals surface area contributed by atoms with Crippen molar-refractivity contribution in [2.45, 2.75) is 46.1 Å². The second kappa shape index (κ2) is 6.89. The number of rotatable bonds is 4. The Kier molecular flexibility index (Phi) is 4.23. The van der Waals surface area contributed by atoms with Gasteiger partial charge in [-0.25, -0.2) is 4.98 Å². The molecule has 4 aromatic rings. The maximum absolute atomic E-state index is 5.62. The molecule has 1 aliphatic carbocycles. The van der Waals surface area contributed by atoms with Crippen molar-refractivity contribution in [3.05, 3.63) is 54.3 Å². The molecule has 0 atom stereocenters. The van der Waals surface area contributed by atoms with Gasteiger partial charge in [0.1, 0.15) is 5.52 Å². The molecular formula is C23H24N4O. The first kappa shape index (κ1) is 17.2. The molecule has 0 amide bonds. The van der Waals surface area contributed by atoms with Crippen molar-refractivity contribution in [1.29, 1.82) is 0 Å². The van der Waals surface area contributed by atoms with Gasteiger partial charge in [-0.2, -0.15) is 5.10 Å². The first-order valence-corrected chi connectivity index (χ1v) is 10.0. The highest BCUT2D eigenvalue weighted by molar-refractivity contribution is 5.85. The van der Waals surface area contributed by atoms with E-state index in [9.17, 15) is 0 Å². The second-order valence-electron chi connectivity index (χ2n) is 7.87. The van der Waals surface area contributed by atoms with E-state index in [-0.39, 0.29) is 0 Å². The first-order valence-electron chi connectivity index (χ1n) is 10.0. The highest BCUT2D eigenvalue weighted by Crippen LogP contribution is 2.33. The van der Waals surface area contributed by atoms with Crippen LogP contribution in [-0.4, -0.2) is 19.7 Å². The van der Waals surface area contributed by atoms with Gasteiger partial charge in [0.25, 0.3) is 0 Å². The second-order valence-corrected chi connectivity index (χ2v) is 7.87. The fourth-order valence-corrected chi connectivity index (χ4v) is 4.26. The van der Waals surface area contributed by atoms with Crippen molar-refractivity contribution in [2.24, 2.45) is 5.92 Å². The van der Waals surface area contributed by atoms with Crippen molar-refractivity contribution in [2.75, 3.05) is 0 Å². The summed E-state index contributed by atoms with van der Waals surface area (Å²) in [5.41, 5.74) is 6.88. The molecule has 1 aromatic carbocycles. The van der Waals surface area contributed by atoms with Gasteiger partial charge in [-0.3, -0.25) is 9.67 Å². The predicted octanol–water partition coefficient (Wildman–Crippen LogP) is 5.56. The number of fused-ring (bicyclic) bond motifs is 1. The van der Waals surface area contributed by atoms with E-state index in [1.807, 2.05) is 26.1 Å². The molecule has 3 aromatic heterocycles. The van der Waals surface area contributed by atoms with Gasteiger partial charge >= 0.3 is 0 Å². The number of oxazole rings is 1. The molecule has 3 heterocycles. The van der Waals surface area contributed by atoms with E-state index in [1.165, 1.54) is 25.7 Å². The highest BCUT2D eigenvalue weighted by Gasteiger charge is 2.17. The van der Waals surface area contributed by atoms with Crippen molar-refractivity contribution in [1.82, 2.24) is 19.7 Å². The minimum absolute atomic E-state index is 0.678. The van der Waals surface area contributed by atoms with Crippen molar-refractivity contribution in [3.8, 4) is 22.4 Å². The zero-order valence-corrected chi connectivity index (χ0v) is 16.4. The van der Waals surface area contributed by atoms with Gasteiger partial charge in [0, 0.05) is 42.0 Å². The van der Waals surface area contributed by atoms with Crippen LogP contribution >= 0.6 is 0 Å². The number of aromatic nitrogens is 4. The molecule has 0 radical (unpaired) electrons. The van der Waals surface area contributed by atoms with Crippen LogP contribution in [0.25, 0.3) is 33.5 Å². The summed E-state index contributed by atoms with van der Waals surface area (Å²) in [7, 11) is 0. The van der Waals surface area contributed by atoms with Gasteiger partial charge in [0.2, 0.25) is 0 Å². The summed E-state index contributed by atoms with van der Waals surface area (Å²) in [6.45, 7) is 4.91. The minimum Gasteiger partial charge on any atom is -0.441 e. The molecule has 5 rings (SSSR count). The molecule has 5 nitrogen and oxygen atoms in total. The summed E-state index contributed by atoms with van der Waals surface area (Å²) < 4.78 is 7.72. The lowest BCUT2D eigenvalue weighted by atomic mass is 10.0. The van der Waals surface area contributed by atoms with Gasteiger partial charge in [-0.15, -0.1) is 0 Å². The Hall–Kier alpha value is -2.95. The SMILES string of the molecule is Cc1ccc(-c2cnn(CC3CCCC3)c2)c(-c2ccc3oc(C)nc3c2)n1. The van der Waals surface area contributed by atoms with Gasteiger partial charge in [0.05, 0.1) is 11.9 Å². The first-order chi connectivity index (χ1) is 13.7. The quantitative estimate of drug-likeness (QED) is 0.470. The largest absolute Gasteiger partial charge is 0.441 e. The summed E-state index contributed by atoms with van der Waals surface area (Å²) in [6, 6.07) is 10.3. The van der Waals surface area contributed by atoms with Crippen molar-refractivity contribution >= 4 is 11.1 Å². The third kappa shape index (κ3) is 3.21. The van der Waals surface area contributed by atoms with E-state index in [1.54, 1.807) is 0 Å². The summed E-state index contributed by atoms with van der Waals surface area (Å²) in [5, 5.41) is 4.63. The number of hydrogen-bond donors (Lipinski definition) is 0. The molecule has 0 unspecified atom stereocenters. The monoisotopic (exact) mass is 372 g/mol. The topological polar surface area (TPSA) is 56.7 Å². The van der Waals surface area contributed by atoms with Crippen LogP contribution in [0.15, 0.2) is 47.1 Å². The molecule has 1 aliphatic rings. The maximum atomic E-state index is 5.62. The molecule has 1 saturated carbocycles. The van der Waals surface area contributed by atoms with Crippen LogP contribution in [0.5, 0.6) is 0 Å². The normalized spacial score (nSPS) is 14.9. The van der Waals surface area contributed by atoms with Crippen LogP contribution in [0.2, 0.25) is 0 Å². The van der Waals surface area contributed by atoms with Crippen LogP contribution < -0.4 is 0 Å². The summed E-state index contributed by atoms with van der Waals surface area (Å²) in [4.78, 5) is 9.33. The molecule has 0 bridgehead atoms. The van der Waals surface area contributed by atoms with Gasteiger partial charge in [-0.1, -0.05) is 18.9 Å². The van der Waals surface area contributed by atoms with Crippen LogP contribution in [0.3, 0.4) is 0 Å². The fraction of sp³-hybridized carbons (Fsp3) is 0.348. The van der Waals surface area contributed by atoms with E-state index in [4.69, 9.17) is 9.40 Å². The maximum Gasteiger partial charge on any atom is 0.192 e. The third-order valence-electron chi connectivity index (χ3n) is 5.67. The molecule has 5 heteroatoms. The van der Waals surface area contributed by atoms with Crippen molar-refractivity contribution < 1.29 is 4.42 Å². The van der Waals surface area contributed by atoms with E-state index < -0.39 is 0 Å². The Morgan fingerprint density at radius 1 is 1.04 bits per heavy atom. The van der Waals surface area contributed by atoms with Gasteiger partial charge in [-0.05, 0) is 49.9 Å². The lowest BCUT2D eigenvalue weighted by Gasteiger charge is -2.10. The number of aryl methyl sites for hydroxylation is 2. The smallest absolute Gasteiger partial charge is 0.192 e. The van der Waals surface area contributed by atoms with Crippen LogP contribution in [0.4, 0.5) is 0 Å². The zero-order chi connectivity index (χ0) is 19.1. The molecule has 28 heavy (non-hydrogen) atoms. The number of nitrogens with zero attached hydrogens (tertiary/aromatic N) is 4. The number of pyridine rings is 1. The molecular weight excluding hydrogens is 348 g/mol. The molecule has 0 spiro atoms. The average Bonchev–Trinajstić information content (AvgIpc) is 3.42. The number of benzene rings is 1. The average molecular weight is 372 g/mol. The molecule has 0 N–H and O–H groups in total. The van der Waals surface area contributed by atoms with Crippen LogP contribution in [0, 0.1) is 19.8 Å². The van der Waals surface area contributed by atoms with Gasteiger partial charge < -0.3 is 4.42 Å². The fourth-order valence-electron chi connectivity index (χ4n) is 4.26. The lowest BCUT2D eigenvalue weighted by Crippen LogP contribution is -2.07. The number of hydrogen-bond acceptors (Lipinski definition) is 4. The lowest BCUT2D eigenvalue weighted by molar-refractivity contribution is 0.429. The third-order valence-corrected chi connectivity index (χ3v) is 5.67. The summed E-state index contributed by atoms with van der Waals surface area (Å²) in [6.07, 6.45) is 9.48. The van der Waals surface area contributed by atoms with E-state index in [0.29, 0.717) is 5.89 Å². The highest BCUT2D eigenvalue weighted by atomic mass is 16.3. The Morgan fingerprint density at radius 3 is 2.75 bits per heavy atom. The van der Waals surface area contributed by atoms with Crippen molar-refractivity contribution in [3.63, 3.8) is 0 Å². The standard InChI is InChI=1S/C23H24N4O/c1-15-7-9-20(19-12-24-27(14-19)13-17-5-3-4-6-17)23(25-15)18-8-10-22-21(11-18)26-16(2)28-22/h7-12,14,17H,3-6,13H2,1-2H3. The summed E-state index contributed by atoms with van der Waals surface area (Å²) in [5.74, 6) is 1.44. The Labute approximate surface area is 164 Å². The predicted molar refractivity (Wildman–Crippen MR) is 110 cm³/mol. The molecule has 1 fully saturated rings. The van der Waals surface area contributed by atoms with Crippen LogP contribution in [0.1, 0.15) is 37.3 Å². The summed E-state index contributed by atoms with van der Waals surface area (Å²) >= 11 is 0. The zero-order valence-electron chi connectivity index (χ0n) is 16.4. The molecule has 142 valence electrons. The van der Waals surface area contributed by atoms with E-state index in [2.05, 4.69) is 45.2 Å². The minimum atomic E-state index is 0.678. The molecule has 0 saturated heterocycles. The Morgan fingerprint density at radius 2 is 1.89 bits per heavy atom. The van der Waals surface area contributed by atoms with Gasteiger partial charge in [0.15, 0.2) is 11.5 Å². The molecule has 0 aliphatic heterocycles. The van der Waals surface area contributed by atoms with Crippen LogP contribution in [-0.2, 0) is 6.54 Å². The Balaban J connectivity index is 1.54. The van der Waals surface area contributed by atoms with E-state index >= 15 is 0 Å². The Bertz CT molecular complexity index is 1130. The van der Waals surface area contributed by atoms with E-state index in [0.717, 1.165) is 51.6 Å².